The molecule has 0 saturated carbocycles. The van der Waals surface area contributed by atoms with Gasteiger partial charge in [-0.3, -0.25) is 4.99 Å². The third-order valence-corrected chi connectivity index (χ3v) is 2.66. The molecule has 0 spiro atoms. The molecule has 0 saturated heterocycles. The first-order valence-corrected chi connectivity index (χ1v) is 5.55. The Hall–Kier alpha value is -1.10. The number of esters is 1. The van der Waals surface area contributed by atoms with E-state index >= 15 is 0 Å². The van der Waals surface area contributed by atoms with E-state index < -0.39 is 0 Å². The van der Waals surface area contributed by atoms with Gasteiger partial charge in [0.25, 0.3) is 0 Å². The fourth-order valence-electron chi connectivity index (χ4n) is 1.54. The second-order valence-corrected chi connectivity index (χ2v) is 4.18. The molecule has 1 aromatic heterocycles. The maximum absolute atomic E-state index is 11.4. The molecule has 0 bridgehead atoms. The average Bonchev–Trinajstić information content (AvgIpc) is 2.57. The van der Waals surface area contributed by atoms with Crippen molar-refractivity contribution in [3.63, 3.8) is 0 Å². The van der Waals surface area contributed by atoms with E-state index in [4.69, 9.17) is 4.74 Å². The SMILES string of the molecule is CCOC(=O)C1=NCn2cc(Br)cc2C1. The summed E-state index contributed by atoms with van der Waals surface area (Å²) in [6.07, 6.45) is 2.51. The molecule has 4 nitrogen and oxygen atoms in total. The molecule has 0 aliphatic carbocycles. The van der Waals surface area contributed by atoms with Crippen molar-refractivity contribution >= 4 is 27.6 Å². The van der Waals surface area contributed by atoms with Gasteiger partial charge in [0.15, 0.2) is 0 Å². The fourth-order valence-corrected chi connectivity index (χ4v) is 2.05. The standard InChI is InChI=1S/C10H11BrN2O2/c1-2-15-10(14)9-4-8-3-7(11)5-13(8)6-12-9/h3,5H,2,4,6H2,1H3. The Kier molecular flexibility index (Phi) is 2.90. The number of hydrogen-bond donors (Lipinski definition) is 0. The van der Waals surface area contributed by atoms with Crippen LogP contribution < -0.4 is 0 Å². The van der Waals surface area contributed by atoms with Gasteiger partial charge in [-0.15, -0.1) is 0 Å². The lowest BCUT2D eigenvalue weighted by Gasteiger charge is -2.14. The first-order chi connectivity index (χ1) is 7.20. The minimum atomic E-state index is -0.305. The lowest BCUT2D eigenvalue weighted by molar-refractivity contribution is -0.135. The number of hydrogen-bond acceptors (Lipinski definition) is 3. The van der Waals surface area contributed by atoms with Crippen LogP contribution in [0.4, 0.5) is 0 Å². The summed E-state index contributed by atoms with van der Waals surface area (Å²) in [5, 5.41) is 0. The van der Waals surface area contributed by atoms with Gasteiger partial charge in [0.1, 0.15) is 12.4 Å². The van der Waals surface area contributed by atoms with E-state index in [1.54, 1.807) is 6.92 Å². The van der Waals surface area contributed by atoms with Crippen LogP contribution in [0.2, 0.25) is 0 Å². The predicted octanol–water partition coefficient (Wildman–Crippen LogP) is 1.77. The summed E-state index contributed by atoms with van der Waals surface area (Å²) in [4.78, 5) is 15.6. The zero-order valence-corrected chi connectivity index (χ0v) is 9.95. The van der Waals surface area contributed by atoms with Gasteiger partial charge >= 0.3 is 5.97 Å². The fraction of sp³-hybridized carbons (Fsp3) is 0.400. The highest BCUT2D eigenvalue weighted by molar-refractivity contribution is 9.10. The third kappa shape index (κ3) is 2.12. The zero-order chi connectivity index (χ0) is 10.8. The van der Waals surface area contributed by atoms with Crippen molar-refractivity contribution in [2.45, 2.75) is 20.0 Å². The monoisotopic (exact) mass is 270 g/mol. The molecule has 2 rings (SSSR count). The molecule has 5 heteroatoms. The Morgan fingerprint density at radius 2 is 2.53 bits per heavy atom. The molecule has 0 radical (unpaired) electrons. The summed E-state index contributed by atoms with van der Waals surface area (Å²) in [5.74, 6) is -0.305. The van der Waals surface area contributed by atoms with Crippen molar-refractivity contribution in [3.05, 3.63) is 22.4 Å². The van der Waals surface area contributed by atoms with Gasteiger partial charge in [0.2, 0.25) is 0 Å². The van der Waals surface area contributed by atoms with Crippen LogP contribution in [0.3, 0.4) is 0 Å². The molecule has 1 aliphatic heterocycles. The lowest BCUT2D eigenvalue weighted by Crippen LogP contribution is -2.25. The van der Waals surface area contributed by atoms with Gasteiger partial charge in [0, 0.05) is 22.8 Å². The van der Waals surface area contributed by atoms with Gasteiger partial charge in [0.05, 0.1) is 6.61 Å². The predicted molar refractivity (Wildman–Crippen MR) is 59.9 cm³/mol. The van der Waals surface area contributed by atoms with Crippen LogP contribution in [0.5, 0.6) is 0 Å². The number of aromatic nitrogens is 1. The number of aliphatic imine (C=N–C) groups is 1. The highest BCUT2D eigenvalue weighted by atomic mass is 79.9. The number of nitrogens with zero attached hydrogens (tertiary/aromatic N) is 2. The molecule has 0 atom stereocenters. The van der Waals surface area contributed by atoms with Gasteiger partial charge in [-0.25, -0.2) is 4.79 Å². The van der Waals surface area contributed by atoms with Gasteiger partial charge in [-0.1, -0.05) is 0 Å². The normalized spacial score (nSPS) is 14.4. The molecular weight excluding hydrogens is 260 g/mol. The second kappa shape index (κ2) is 4.18. The van der Waals surface area contributed by atoms with Crippen molar-refractivity contribution in [1.29, 1.82) is 0 Å². The van der Waals surface area contributed by atoms with Crippen LogP contribution in [0, 0.1) is 0 Å². The van der Waals surface area contributed by atoms with Crippen molar-refractivity contribution in [1.82, 2.24) is 4.57 Å². The van der Waals surface area contributed by atoms with E-state index in [0.717, 1.165) is 10.2 Å². The maximum Gasteiger partial charge on any atom is 0.352 e. The summed E-state index contributed by atoms with van der Waals surface area (Å²) in [5.41, 5.74) is 1.59. The highest BCUT2D eigenvalue weighted by Crippen LogP contribution is 2.18. The molecule has 15 heavy (non-hydrogen) atoms. The summed E-state index contributed by atoms with van der Waals surface area (Å²) in [7, 11) is 0. The summed E-state index contributed by atoms with van der Waals surface area (Å²) >= 11 is 3.39. The Labute approximate surface area is 96.1 Å². The van der Waals surface area contributed by atoms with E-state index in [1.165, 1.54) is 0 Å². The van der Waals surface area contributed by atoms with Crippen molar-refractivity contribution in [2.75, 3.05) is 6.61 Å². The van der Waals surface area contributed by atoms with E-state index in [9.17, 15) is 4.79 Å². The van der Waals surface area contributed by atoms with E-state index in [1.807, 2.05) is 16.8 Å². The second-order valence-electron chi connectivity index (χ2n) is 3.26. The lowest BCUT2D eigenvalue weighted by atomic mass is 10.2. The minimum absolute atomic E-state index is 0.305. The van der Waals surface area contributed by atoms with Crippen molar-refractivity contribution < 1.29 is 9.53 Å². The number of fused-ring (bicyclic) bond motifs is 1. The largest absolute Gasteiger partial charge is 0.462 e. The van der Waals surface area contributed by atoms with Crippen LogP contribution in [0.15, 0.2) is 21.7 Å². The molecule has 1 aliphatic rings. The molecule has 0 amide bonds. The first kappa shape index (κ1) is 10.4. The number of halogens is 1. The van der Waals surface area contributed by atoms with Crippen LogP contribution in [-0.4, -0.2) is 22.9 Å². The first-order valence-electron chi connectivity index (χ1n) is 4.75. The van der Waals surface area contributed by atoms with Crippen LogP contribution >= 0.6 is 15.9 Å². The molecule has 0 N–H and O–H groups in total. The Morgan fingerprint density at radius 3 is 3.27 bits per heavy atom. The van der Waals surface area contributed by atoms with Gasteiger partial charge < -0.3 is 9.30 Å². The molecule has 1 aromatic rings. The third-order valence-electron chi connectivity index (χ3n) is 2.23. The summed E-state index contributed by atoms with van der Waals surface area (Å²) < 4.78 is 7.93. The Morgan fingerprint density at radius 1 is 1.73 bits per heavy atom. The van der Waals surface area contributed by atoms with Crippen molar-refractivity contribution in [3.8, 4) is 0 Å². The van der Waals surface area contributed by atoms with Crippen LogP contribution in [0.25, 0.3) is 0 Å². The number of rotatable bonds is 2. The number of ether oxygens (including phenoxy) is 1. The van der Waals surface area contributed by atoms with E-state index in [-0.39, 0.29) is 5.97 Å². The molecule has 80 valence electrons. The molecule has 0 fully saturated rings. The Balaban J connectivity index is 2.14. The Bertz CT molecular complexity index is 423. The molecule has 0 aromatic carbocycles. The van der Waals surface area contributed by atoms with E-state index in [2.05, 4.69) is 20.9 Å². The van der Waals surface area contributed by atoms with Gasteiger partial charge in [-0.2, -0.15) is 0 Å². The molecular formula is C10H11BrN2O2. The van der Waals surface area contributed by atoms with Gasteiger partial charge in [-0.05, 0) is 28.9 Å². The smallest absolute Gasteiger partial charge is 0.352 e. The molecule has 0 unspecified atom stereocenters. The number of carbonyl (C=O) groups excluding carboxylic acids is 1. The van der Waals surface area contributed by atoms with Crippen LogP contribution in [0.1, 0.15) is 12.6 Å². The van der Waals surface area contributed by atoms with E-state index in [0.29, 0.717) is 25.4 Å². The summed E-state index contributed by atoms with van der Waals surface area (Å²) in [6.45, 7) is 2.68. The van der Waals surface area contributed by atoms with Crippen LogP contribution in [-0.2, 0) is 22.6 Å². The molecule has 2 heterocycles. The topological polar surface area (TPSA) is 43.6 Å². The number of carbonyl (C=O) groups is 1. The minimum Gasteiger partial charge on any atom is -0.462 e. The van der Waals surface area contributed by atoms with Crippen molar-refractivity contribution in [2.24, 2.45) is 4.99 Å². The quantitative estimate of drug-likeness (QED) is 0.769. The zero-order valence-electron chi connectivity index (χ0n) is 8.36. The summed E-state index contributed by atoms with van der Waals surface area (Å²) in [6, 6.07) is 1.99. The average molecular weight is 271 g/mol. The highest BCUT2D eigenvalue weighted by Gasteiger charge is 2.19. The maximum atomic E-state index is 11.4.